The number of nitrogens with two attached hydrogens (primary N) is 3. The Balaban J connectivity index is 3.28. The van der Waals surface area contributed by atoms with E-state index in [9.17, 15) is 0 Å². The highest BCUT2D eigenvalue weighted by molar-refractivity contribution is 6.42. The first-order chi connectivity index (χ1) is 7.93. The molecule has 1 rings (SSSR count). The van der Waals surface area contributed by atoms with Gasteiger partial charge in [0.05, 0.1) is 21.3 Å². The molecule has 0 aliphatic rings. The second-order valence-corrected chi connectivity index (χ2v) is 3.72. The maximum absolute atomic E-state index is 8.88. The third-order valence-corrected chi connectivity index (χ3v) is 2.36. The first kappa shape index (κ1) is 13.1. The predicted molar refractivity (Wildman–Crippen MR) is 68.3 cm³/mol. The highest BCUT2D eigenvalue weighted by Gasteiger charge is 2.07. The van der Waals surface area contributed by atoms with E-state index >= 15 is 0 Å². The van der Waals surface area contributed by atoms with Crippen molar-refractivity contribution in [3.05, 3.63) is 27.7 Å². The van der Waals surface area contributed by atoms with Crippen LogP contribution in [-0.4, -0.2) is 11.9 Å². The van der Waals surface area contributed by atoms with Crippen molar-refractivity contribution in [2.75, 3.05) is 0 Å². The summed E-state index contributed by atoms with van der Waals surface area (Å²) in [5.74, 6) is -0.412. The SMILES string of the molecule is N#Cc1cc(Cl)c(Cl)cc1N=C(N)N=C(N)N. The molecule has 88 valence electrons. The monoisotopic (exact) mass is 270 g/mol. The van der Waals surface area contributed by atoms with E-state index < -0.39 is 0 Å². The van der Waals surface area contributed by atoms with Gasteiger partial charge in [-0.3, -0.25) is 0 Å². The molecule has 0 saturated carbocycles. The van der Waals surface area contributed by atoms with Gasteiger partial charge in [-0.1, -0.05) is 23.2 Å². The Bertz CT molecular complexity index is 539. The van der Waals surface area contributed by atoms with Crippen LogP contribution in [0, 0.1) is 11.3 Å². The van der Waals surface area contributed by atoms with Crippen molar-refractivity contribution in [2.45, 2.75) is 0 Å². The molecule has 0 atom stereocenters. The van der Waals surface area contributed by atoms with Crippen LogP contribution >= 0.6 is 23.2 Å². The van der Waals surface area contributed by atoms with E-state index in [4.69, 9.17) is 45.7 Å². The summed E-state index contributed by atoms with van der Waals surface area (Å²) in [4.78, 5) is 7.37. The molecule has 0 radical (unpaired) electrons. The Labute approximate surface area is 107 Å². The van der Waals surface area contributed by atoms with Gasteiger partial charge in [-0.05, 0) is 12.1 Å². The summed E-state index contributed by atoms with van der Waals surface area (Å²) in [5.41, 5.74) is 16.1. The number of halogens is 2. The molecule has 0 amide bonds. The predicted octanol–water partition coefficient (Wildman–Crippen LogP) is 1.08. The number of hydrogen-bond acceptors (Lipinski definition) is 2. The maximum atomic E-state index is 8.88. The van der Waals surface area contributed by atoms with Gasteiger partial charge in [0.15, 0.2) is 5.96 Å². The summed E-state index contributed by atoms with van der Waals surface area (Å²) in [7, 11) is 0. The minimum Gasteiger partial charge on any atom is -0.370 e. The summed E-state index contributed by atoms with van der Waals surface area (Å²) in [5, 5.41) is 9.39. The fraction of sp³-hybridized carbons (Fsp3) is 0. The van der Waals surface area contributed by atoms with E-state index in [0.717, 1.165) is 0 Å². The molecule has 0 unspecified atom stereocenters. The zero-order valence-electron chi connectivity index (χ0n) is 8.48. The Kier molecular flexibility index (Phi) is 4.15. The first-order valence-electron chi connectivity index (χ1n) is 4.27. The summed E-state index contributed by atoms with van der Waals surface area (Å²) in [6.07, 6.45) is 0. The molecule has 0 aromatic heterocycles. The number of guanidine groups is 2. The zero-order valence-corrected chi connectivity index (χ0v) is 10.00. The quantitative estimate of drug-likeness (QED) is 0.521. The van der Waals surface area contributed by atoms with Gasteiger partial charge < -0.3 is 17.2 Å². The number of benzene rings is 1. The molecule has 17 heavy (non-hydrogen) atoms. The smallest absolute Gasteiger partial charge is 0.223 e. The fourth-order valence-corrected chi connectivity index (χ4v) is 1.32. The van der Waals surface area contributed by atoms with Crippen LogP contribution in [0.1, 0.15) is 5.56 Å². The molecule has 0 aliphatic carbocycles. The summed E-state index contributed by atoms with van der Waals surface area (Å²) in [6, 6.07) is 4.69. The molecule has 0 aliphatic heterocycles. The fourth-order valence-electron chi connectivity index (χ4n) is 0.999. The molecular formula is C9H8Cl2N6. The number of rotatable bonds is 1. The number of hydrogen-bond donors (Lipinski definition) is 3. The highest BCUT2D eigenvalue weighted by Crippen LogP contribution is 2.30. The molecule has 0 fully saturated rings. The molecule has 1 aromatic carbocycles. The number of nitriles is 1. The molecule has 0 spiro atoms. The number of nitrogens with zero attached hydrogens (tertiary/aromatic N) is 3. The highest BCUT2D eigenvalue weighted by atomic mass is 35.5. The van der Waals surface area contributed by atoms with Gasteiger partial charge in [0, 0.05) is 0 Å². The van der Waals surface area contributed by atoms with Crippen molar-refractivity contribution in [2.24, 2.45) is 27.2 Å². The normalized spacial score (nSPS) is 10.8. The minimum atomic E-state index is -0.232. The van der Waals surface area contributed by atoms with Crippen molar-refractivity contribution >= 4 is 40.8 Å². The molecule has 0 saturated heterocycles. The van der Waals surface area contributed by atoms with E-state index in [2.05, 4.69) is 9.98 Å². The van der Waals surface area contributed by atoms with Crippen LogP contribution in [0.3, 0.4) is 0 Å². The first-order valence-corrected chi connectivity index (χ1v) is 5.02. The maximum Gasteiger partial charge on any atom is 0.223 e. The average Bonchev–Trinajstić information content (AvgIpc) is 2.21. The van der Waals surface area contributed by atoms with Gasteiger partial charge in [-0.2, -0.15) is 10.3 Å². The van der Waals surface area contributed by atoms with Gasteiger partial charge in [-0.25, -0.2) is 4.99 Å². The van der Waals surface area contributed by atoms with Crippen molar-refractivity contribution in [1.29, 1.82) is 5.26 Å². The Morgan fingerprint density at radius 3 is 2.29 bits per heavy atom. The second kappa shape index (κ2) is 5.39. The Morgan fingerprint density at radius 2 is 1.76 bits per heavy atom. The van der Waals surface area contributed by atoms with E-state index in [1.807, 2.05) is 6.07 Å². The lowest BCUT2D eigenvalue weighted by Crippen LogP contribution is -2.26. The third kappa shape index (κ3) is 3.52. The van der Waals surface area contributed by atoms with Crippen molar-refractivity contribution < 1.29 is 0 Å². The van der Waals surface area contributed by atoms with Gasteiger partial charge in [-0.15, -0.1) is 0 Å². The molecule has 8 heteroatoms. The summed E-state index contributed by atoms with van der Waals surface area (Å²) < 4.78 is 0. The lowest BCUT2D eigenvalue weighted by atomic mass is 10.2. The van der Waals surface area contributed by atoms with Gasteiger partial charge in [0.1, 0.15) is 6.07 Å². The van der Waals surface area contributed by atoms with E-state index in [1.54, 1.807) is 0 Å². The largest absolute Gasteiger partial charge is 0.370 e. The zero-order chi connectivity index (χ0) is 13.0. The molecule has 0 heterocycles. The van der Waals surface area contributed by atoms with Gasteiger partial charge in [0.2, 0.25) is 5.96 Å². The second-order valence-electron chi connectivity index (χ2n) is 2.90. The van der Waals surface area contributed by atoms with E-state index in [-0.39, 0.29) is 33.2 Å². The average molecular weight is 271 g/mol. The van der Waals surface area contributed by atoms with Crippen LogP contribution in [0.2, 0.25) is 10.0 Å². The van der Waals surface area contributed by atoms with Crippen LogP contribution in [0.15, 0.2) is 22.1 Å². The summed E-state index contributed by atoms with van der Waals surface area (Å²) >= 11 is 11.6. The van der Waals surface area contributed by atoms with Crippen molar-refractivity contribution in [3.63, 3.8) is 0 Å². The Morgan fingerprint density at radius 1 is 1.18 bits per heavy atom. The van der Waals surface area contributed by atoms with E-state index in [0.29, 0.717) is 0 Å². The lowest BCUT2D eigenvalue weighted by molar-refractivity contribution is 1.36. The van der Waals surface area contributed by atoms with Crippen molar-refractivity contribution in [1.82, 2.24) is 0 Å². The van der Waals surface area contributed by atoms with Crippen LogP contribution < -0.4 is 17.2 Å². The molecule has 6 N–H and O–H groups in total. The Hall–Kier alpha value is -1.97. The lowest BCUT2D eigenvalue weighted by Gasteiger charge is -2.01. The van der Waals surface area contributed by atoms with Crippen LogP contribution in [-0.2, 0) is 0 Å². The van der Waals surface area contributed by atoms with Crippen LogP contribution in [0.25, 0.3) is 0 Å². The van der Waals surface area contributed by atoms with Crippen LogP contribution in [0.5, 0.6) is 0 Å². The standard InChI is InChI=1S/C9H8Cl2N6/c10-5-1-4(3-12)7(2-6(5)11)16-9(15)17-8(13)14/h1-2H,(H6,13,14,15,16,17). The minimum absolute atomic E-state index is 0.181. The van der Waals surface area contributed by atoms with Gasteiger partial charge >= 0.3 is 0 Å². The van der Waals surface area contributed by atoms with Crippen molar-refractivity contribution in [3.8, 4) is 6.07 Å². The molecule has 6 nitrogen and oxygen atoms in total. The number of aliphatic imine (C=N–C) groups is 2. The summed E-state index contributed by atoms with van der Waals surface area (Å²) in [6.45, 7) is 0. The molecule has 1 aromatic rings. The van der Waals surface area contributed by atoms with Crippen LogP contribution in [0.4, 0.5) is 5.69 Å². The third-order valence-electron chi connectivity index (χ3n) is 1.64. The van der Waals surface area contributed by atoms with Gasteiger partial charge in [0.25, 0.3) is 0 Å². The molecule has 0 bridgehead atoms. The topological polar surface area (TPSA) is 127 Å². The molecular weight excluding hydrogens is 263 g/mol. The van der Waals surface area contributed by atoms with E-state index in [1.165, 1.54) is 12.1 Å².